The van der Waals surface area contributed by atoms with Crippen LogP contribution in [0.5, 0.6) is 0 Å². The average Bonchev–Trinajstić information content (AvgIpc) is 2.17. The maximum absolute atomic E-state index is 3.57. The van der Waals surface area contributed by atoms with Crippen LogP contribution in [0, 0.1) is 23.2 Å². The second-order valence-electron chi connectivity index (χ2n) is 6.98. The van der Waals surface area contributed by atoms with Crippen molar-refractivity contribution in [3.8, 4) is 0 Å². The molecule has 0 saturated heterocycles. The maximum atomic E-state index is 3.57. The highest BCUT2D eigenvalue weighted by Gasteiger charge is 2.38. The fourth-order valence-electron chi connectivity index (χ4n) is 3.71. The Kier molecular flexibility index (Phi) is 4.85. The molecule has 1 aliphatic carbocycles. The zero-order valence-electron chi connectivity index (χ0n) is 12.1. The van der Waals surface area contributed by atoms with Gasteiger partial charge in [0.05, 0.1) is 0 Å². The molecule has 1 saturated carbocycles. The van der Waals surface area contributed by atoms with E-state index in [1.807, 2.05) is 0 Å². The van der Waals surface area contributed by atoms with Gasteiger partial charge in [0.25, 0.3) is 0 Å². The van der Waals surface area contributed by atoms with Gasteiger partial charge in [0.1, 0.15) is 0 Å². The first-order chi connectivity index (χ1) is 7.38. The summed E-state index contributed by atoms with van der Waals surface area (Å²) in [5.41, 5.74) is 0.467. The molecule has 1 N–H and O–H groups in total. The normalized spacial score (nSPS) is 29.4. The molecule has 0 aromatic rings. The van der Waals surface area contributed by atoms with Gasteiger partial charge >= 0.3 is 0 Å². The van der Waals surface area contributed by atoms with Crippen LogP contribution in [0.15, 0.2) is 0 Å². The highest BCUT2D eigenvalue weighted by molar-refractivity contribution is 4.91. The fraction of sp³-hybridized carbons (Fsp3) is 1.00. The van der Waals surface area contributed by atoms with Gasteiger partial charge in [-0.3, -0.25) is 0 Å². The van der Waals surface area contributed by atoms with Gasteiger partial charge in [-0.15, -0.1) is 0 Å². The molecule has 1 fully saturated rings. The van der Waals surface area contributed by atoms with Gasteiger partial charge in [-0.1, -0.05) is 47.5 Å². The van der Waals surface area contributed by atoms with Crippen molar-refractivity contribution in [2.45, 2.75) is 66.3 Å². The average molecular weight is 225 g/mol. The third-order valence-corrected chi connectivity index (χ3v) is 4.44. The van der Waals surface area contributed by atoms with Crippen molar-refractivity contribution in [1.29, 1.82) is 0 Å². The van der Waals surface area contributed by atoms with Crippen LogP contribution in [-0.4, -0.2) is 13.1 Å². The van der Waals surface area contributed by atoms with Gasteiger partial charge in [0, 0.05) is 6.04 Å². The third-order valence-electron chi connectivity index (χ3n) is 4.44. The molecule has 0 aromatic carbocycles. The summed E-state index contributed by atoms with van der Waals surface area (Å²) < 4.78 is 0. The van der Waals surface area contributed by atoms with Crippen LogP contribution in [0.1, 0.15) is 60.3 Å². The molecule has 0 heterocycles. The van der Waals surface area contributed by atoms with Crippen LogP contribution in [0.3, 0.4) is 0 Å². The van der Waals surface area contributed by atoms with Crippen molar-refractivity contribution in [1.82, 2.24) is 5.32 Å². The summed E-state index contributed by atoms with van der Waals surface area (Å²) in [5, 5.41) is 3.57. The van der Waals surface area contributed by atoms with E-state index >= 15 is 0 Å². The van der Waals surface area contributed by atoms with E-state index in [4.69, 9.17) is 0 Å². The lowest BCUT2D eigenvalue weighted by atomic mass is 9.63. The van der Waals surface area contributed by atoms with E-state index in [9.17, 15) is 0 Å². The monoisotopic (exact) mass is 225 g/mol. The second kappa shape index (κ2) is 5.53. The van der Waals surface area contributed by atoms with Crippen LogP contribution >= 0.6 is 0 Å². The van der Waals surface area contributed by atoms with Gasteiger partial charge in [-0.05, 0) is 43.1 Å². The number of hydrogen-bond acceptors (Lipinski definition) is 1. The molecule has 1 aliphatic rings. The van der Waals surface area contributed by atoms with Crippen molar-refractivity contribution >= 4 is 0 Å². The summed E-state index contributed by atoms with van der Waals surface area (Å²) in [5.74, 6) is 2.51. The topological polar surface area (TPSA) is 12.0 Å². The number of hydrogen-bond donors (Lipinski definition) is 1. The molecule has 0 amide bonds. The zero-order valence-corrected chi connectivity index (χ0v) is 12.1. The lowest BCUT2D eigenvalue weighted by Gasteiger charge is -2.45. The van der Waals surface area contributed by atoms with Crippen molar-refractivity contribution in [3.05, 3.63) is 0 Å². The summed E-state index contributed by atoms with van der Waals surface area (Å²) in [4.78, 5) is 0. The molecule has 1 nitrogen and oxygen atoms in total. The van der Waals surface area contributed by atoms with Crippen LogP contribution < -0.4 is 5.32 Å². The first-order valence-corrected chi connectivity index (χ1v) is 7.05. The molecule has 1 heteroatoms. The van der Waals surface area contributed by atoms with Gasteiger partial charge in [-0.2, -0.15) is 0 Å². The molecule has 0 spiro atoms. The van der Waals surface area contributed by atoms with Crippen molar-refractivity contribution < 1.29 is 0 Å². The van der Waals surface area contributed by atoms with Crippen LogP contribution in [-0.2, 0) is 0 Å². The number of rotatable bonds is 3. The van der Waals surface area contributed by atoms with E-state index in [1.54, 1.807) is 0 Å². The fourth-order valence-corrected chi connectivity index (χ4v) is 3.71. The summed E-state index contributed by atoms with van der Waals surface area (Å²) >= 11 is 0. The Bertz CT molecular complexity index is 202. The highest BCUT2D eigenvalue weighted by Crippen LogP contribution is 2.44. The molecule has 3 atom stereocenters. The molecule has 1 rings (SSSR count). The second-order valence-corrected chi connectivity index (χ2v) is 6.98. The summed E-state index contributed by atoms with van der Waals surface area (Å²) in [7, 11) is 2.14. The van der Waals surface area contributed by atoms with Crippen molar-refractivity contribution in [2.75, 3.05) is 7.05 Å². The molecule has 96 valence electrons. The minimum atomic E-state index is 0.467. The Morgan fingerprint density at radius 2 is 1.62 bits per heavy atom. The highest BCUT2D eigenvalue weighted by atomic mass is 14.9. The Morgan fingerprint density at radius 1 is 1.06 bits per heavy atom. The Morgan fingerprint density at radius 3 is 2.06 bits per heavy atom. The molecule has 0 aromatic heterocycles. The first kappa shape index (κ1) is 14.0. The molecule has 3 unspecified atom stereocenters. The summed E-state index contributed by atoms with van der Waals surface area (Å²) in [6, 6.07) is 0.699. The molecule has 0 radical (unpaired) electrons. The standard InChI is InChI=1S/C15H31N/c1-11(2)14(16-6)12-9-7-8-10-13(12)15(3,4)5/h11-14,16H,7-10H2,1-6H3. The molecule has 0 bridgehead atoms. The Labute approximate surface area is 102 Å². The van der Waals surface area contributed by atoms with Gasteiger partial charge < -0.3 is 5.32 Å². The third kappa shape index (κ3) is 3.23. The van der Waals surface area contributed by atoms with Crippen molar-refractivity contribution in [3.63, 3.8) is 0 Å². The minimum Gasteiger partial charge on any atom is -0.316 e. The summed E-state index contributed by atoms with van der Waals surface area (Å²) in [6.45, 7) is 12.0. The number of nitrogens with one attached hydrogen (secondary N) is 1. The first-order valence-electron chi connectivity index (χ1n) is 7.05. The molecular formula is C15H31N. The molecule has 16 heavy (non-hydrogen) atoms. The molecule has 0 aliphatic heterocycles. The van der Waals surface area contributed by atoms with Crippen LogP contribution in [0.25, 0.3) is 0 Å². The van der Waals surface area contributed by atoms with E-state index in [2.05, 4.69) is 47.0 Å². The predicted molar refractivity (Wildman–Crippen MR) is 72.6 cm³/mol. The summed E-state index contributed by atoms with van der Waals surface area (Å²) in [6.07, 6.45) is 5.72. The minimum absolute atomic E-state index is 0.467. The van der Waals surface area contributed by atoms with E-state index < -0.39 is 0 Å². The van der Waals surface area contributed by atoms with Crippen molar-refractivity contribution in [2.24, 2.45) is 23.2 Å². The van der Waals surface area contributed by atoms with E-state index in [0.717, 1.165) is 17.8 Å². The van der Waals surface area contributed by atoms with Crippen LogP contribution in [0.2, 0.25) is 0 Å². The van der Waals surface area contributed by atoms with Gasteiger partial charge in [-0.25, -0.2) is 0 Å². The Hall–Kier alpha value is -0.0400. The Balaban J connectivity index is 2.80. The van der Waals surface area contributed by atoms with E-state index in [0.29, 0.717) is 11.5 Å². The smallest absolute Gasteiger partial charge is 0.0118 e. The lowest BCUT2D eigenvalue weighted by Crippen LogP contribution is -2.46. The van der Waals surface area contributed by atoms with E-state index in [1.165, 1.54) is 25.7 Å². The predicted octanol–water partition coefficient (Wildman–Crippen LogP) is 4.08. The largest absolute Gasteiger partial charge is 0.316 e. The SMILES string of the molecule is CNC(C(C)C)C1CCCCC1C(C)(C)C. The zero-order chi connectivity index (χ0) is 12.3. The quantitative estimate of drug-likeness (QED) is 0.763. The molecular weight excluding hydrogens is 194 g/mol. The van der Waals surface area contributed by atoms with Gasteiger partial charge in [0.2, 0.25) is 0 Å². The van der Waals surface area contributed by atoms with Gasteiger partial charge in [0.15, 0.2) is 0 Å². The van der Waals surface area contributed by atoms with E-state index in [-0.39, 0.29) is 0 Å². The maximum Gasteiger partial charge on any atom is 0.0118 e. The van der Waals surface area contributed by atoms with Crippen LogP contribution in [0.4, 0.5) is 0 Å². The lowest BCUT2D eigenvalue weighted by molar-refractivity contribution is 0.0681.